The minimum Gasteiger partial charge on any atom is -0.443 e. The van der Waals surface area contributed by atoms with Gasteiger partial charge in [0.25, 0.3) is 0 Å². The molecule has 6 aromatic carbocycles. The Morgan fingerprint density at radius 3 is 1.66 bits per heavy atom. The lowest BCUT2D eigenvalue weighted by Gasteiger charge is -2.22. The van der Waals surface area contributed by atoms with Crippen molar-refractivity contribution >= 4 is 166 Å². The van der Waals surface area contributed by atoms with E-state index in [0.717, 1.165) is 60.7 Å². The highest BCUT2D eigenvalue weighted by Gasteiger charge is 2.38. The van der Waals surface area contributed by atoms with Gasteiger partial charge in [0.1, 0.15) is 84.0 Å². The molecule has 0 saturated carbocycles. The quantitative estimate of drug-likeness (QED) is 0.168. The van der Waals surface area contributed by atoms with E-state index in [0.29, 0.717) is 17.6 Å². The van der Waals surface area contributed by atoms with E-state index in [1.165, 1.54) is 71.3 Å². The minimum atomic E-state index is -0.149. The average molecular weight is 750 g/mol. The number of aromatic nitrogens is 5. The van der Waals surface area contributed by atoms with Crippen LogP contribution in [0.4, 0.5) is 0 Å². The van der Waals surface area contributed by atoms with Crippen molar-refractivity contribution in [1.82, 2.24) is 24.5 Å². The molecule has 3 heterocycles. The first-order chi connectivity index (χ1) is 28.2. The maximum Gasteiger partial charge on any atom is 0.238 e. The number of fused-ring (bicyclic) bond motifs is 8. The summed E-state index contributed by atoms with van der Waals surface area (Å²) in [5, 5.41) is 2.29. The molecule has 0 bridgehead atoms. The van der Waals surface area contributed by atoms with Gasteiger partial charge in [-0.3, -0.25) is 4.57 Å². The van der Waals surface area contributed by atoms with Crippen molar-refractivity contribution in [3.63, 3.8) is 0 Å². The highest BCUT2D eigenvalue weighted by atomic mass is 16.3. The third-order valence-corrected chi connectivity index (χ3v) is 14.4. The molecule has 0 fully saturated rings. The number of oxazole rings is 1. The zero-order chi connectivity index (χ0) is 41.4. The molecule has 0 saturated heterocycles. The fourth-order valence-electron chi connectivity index (χ4n) is 10.1. The first-order valence-electron chi connectivity index (χ1n) is 20.6. The molecule has 10 rings (SSSR count). The molecule has 1 aliphatic carbocycles. The summed E-state index contributed by atoms with van der Waals surface area (Å²) >= 11 is 0. The number of para-hydroxylation sites is 1. The van der Waals surface area contributed by atoms with Crippen LogP contribution in [-0.4, -0.2) is 103 Å². The van der Waals surface area contributed by atoms with Crippen LogP contribution >= 0.6 is 0 Å². The maximum absolute atomic E-state index is 6.01. The van der Waals surface area contributed by atoms with Crippen molar-refractivity contribution in [2.24, 2.45) is 0 Å². The van der Waals surface area contributed by atoms with Gasteiger partial charge < -0.3 is 4.42 Å². The maximum atomic E-state index is 6.01. The minimum absolute atomic E-state index is 0.149. The fraction of sp³-hybridized carbons (Fsp3) is 0.0698. The van der Waals surface area contributed by atoms with Crippen molar-refractivity contribution in [2.45, 2.75) is 19.3 Å². The molecule has 1 aliphatic rings. The zero-order valence-electron chi connectivity index (χ0n) is 36.1. The van der Waals surface area contributed by atoms with Crippen molar-refractivity contribution < 1.29 is 4.42 Å². The highest BCUT2D eigenvalue weighted by molar-refractivity contribution is 6.69. The van der Waals surface area contributed by atoms with Gasteiger partial charge in [-0.05, 0) is 58.1 Å². The van der Waals surface area contributed by atoms with Gasteiger partial charge >= 0.3 is 0 Å². The van der Waals surface area contributed by atoms with Gasteiger partial charge in [-0.2, -0.15) is 9.97 Å². The zero-order valence-corrected chi connectivity index (χ0v) is 36.1. The number of rotatable bonds is 4. The Labute approximate surface area is 353 Å². The second-order valence-corrected chi connectivity index (χ2v) is 17.4. The number of hydrogen-bond acceptors (Lipinski definition) is 5. The summed E-state index contributed by atoms with van der Waals surface area (Å²) in [5.74, 6) is 2.01. The molecule has 0 radical (unpaired) electrons. The van der Waals surface area contributed by atoms with Gasteiger partial charge in [0.15, 0.2) is 23.6 Å². The SMILES string of the molecule is Bc1c(B)c(B)c(-c2nc(-c3c(B)c(B)c(B)c(B)c3B)nc(-n3c4ccccc4c4cc(-c5ccc6c(c5)-c5c(ccc7ncoc57)C6(C)C)ccc43)n2)c(B)c1B. The molecule has 9 aromatic rings. The van der Waals surface area contributed by atoms with Crippen LogP contribution in [0.1, 0.15) is 25.0 Å². The van der Waals surface area contributed by atoms with E-state index in [9.17, 15) is 0 Å². The van der Waals surface area contributed by atoms with Gasteiger partial charge in [0.05, 0.1) is 11.0 Å². The topological polar surface area (TPSA) is 69.6 Å². The first-order valence-corrected chi connectivity index (χ1v) is 20.6. The molecule has 0 unspecified atom stereocenters. The Bertz CT molecular complexity index is 3190. The molecule has 0 N–H and O–H groups in total. The van der Waals surface area contributed by atoms with Crippen LogP contribution in [0.15, 0.2) is 83.6 Å². The normalized spacial score (nSPS) is 13.1. The van der Waals surface area contributed by atoms with E-state index >= 15 is 0 Å². The van der Waals surface area contributed by atoms with Crippen molar-refractivity contribution in [1.29, 1.82) is 0 Å². The van der Waals surface area contributed by atoms with E-state index in [4.69, 9.17) is 19.4 Å². The van der Waals surface area contributed by atoms with Crippen LogP contribution in [0, 0.1) is 0 Å². The van der Waals surface area contributed by atoms with Crippen LogP contribution in [0.25, 0.3) is 83.9 Å². The number of hydrogen-bond donors (Lipinski definition) is 0. The van der Waals surface area contributed by atoms with Crippen LogP contribution in [-0.2, 0) is 5.41 Å². The Kier molecular flexibility index (Phi) is 8.35. The monoisotopic (exact) mass is 751 g/mol. The van der Waals surface area contributed by atoms with Crippen molar-refractivity contribution in [3.05, 3.63) is 90.3 Å². The predicted octanol–water partition coefficient (Wildman–Crippen LogP) is -7.00. The second kappa shape index (κ2) is 13.1. The molecule has 0 atom stereocenters. The van der Waals surface area contributed by atoms with Crippen LogP contribution in [0.2, 0.25) is 0 Å². The lowest BCUT2D eigenvalue weighted by Crippen LogP contribution is -2.55. The van der Waals surface area contributed by atoms with Gasteiger partial charge in [-0.1, -0.05) is 78.2 Å². The molecular formula is C43H39B10N5O. The Balaban J connectivity index is 1.22. The predicted molar refractivity (Wildman–Crippen MR) is 277 cm³/mol. The molecule has 0 spiro atoms. The number of nitrogens with zero attached hydrogens (tertiary/aromatic N) is 5. The highest BCUT2D eigenvalue weighted by Crippen LogP contribution is 2.52. The molecule has 16 heteroatoms. The smallest absolute Gasteiger partial charge is 0.238 e. The third-order valence-electron chi connectivity index (χ3n) is 14.4. The molecule has 0 aliphatic heterocycles. The largest absolute Gasteiger partial charge is 0.443 e. The lowest BCUT2D eigenvalue weighted by atomic mass is 9.60. The summed E-state index contributed by atoms with van der Waals surface area (Å²) in [7, 11) is 22.1. The first kappa shape index (κ1) is 37.5. The molecule has 3 aromatic heterocycles. The number of benzene rings is 6. The third kappa shape index (κ3) is 5.27. The van der Waals surface area contributed by atoms with E-state index in [1.54, 1.807) is 6.39 Å². The second-order valence-electron chi connectivity index (χ2n) is 17.4. The summed E-state index contributed by atoms with van der Waals surface area (Å²) in [5.41, 5.74) is 25.6. The Morgan fingerprint density at radius 1 is 0.508 bits per heavy atom. The van der Waals surface area contributed by atoms with E-state index in [1.807, 2.05) is 0 Å². The van der Waals surface area contributed by atoms with E-state index < -0.39 is 0 Å². The summed E-state index contributed by atoms with van der Waals surface area (Å²) in [6.07, 6.45) is 1.55. The summed E-state index contributed by atoms with van der Waals surface area (Å²) in [6, 6.07) is 26.6. The van der Waals surface area contributed by atoms with E-state index in [-0.39, 0.29) is 5.41 Å². The van der Waals surface area contributed by atoms with Crippen LogP contribution in [0.3, 0.4) is 0 Å². The van der Waals surface area contributed by atoms with Gasteiger partial charge in [-0.25, -0.2) is 9.97 Å². The lowest BCUT2D eigenvalue weighted by molar-refractivity contribution is 0.601. The van der Waals surface area contributed by atoms with Crippen molar-refractivity contribution in [2.75, 3.05) is 0 Å². The van der Waals surface area contributed by atoms with Crippen LogP contribution < -0.4 is 54.6 Å². The Morgan fingerprint density at radius 2 is 1.03 bits per heavy atom. The average Bonchev–Trinajstić information content (AvgIpc) is 3.91. The fourth-order valence-corrected chi connectivity index (χ4v) is 10.1. The van der Waals surface area contributed by atoms with Gasteiger partial charge in [0, 0.05) is 32.9 Å². The molecule has 6 nitrogen and oxygen atoms in total. The van der Waals surface area contributed by atoms with Gasteiger partial charge in [-0.15, -0.1) is 32.8 Å². The van der Waals surface area contributed by atoms with E-state index in [2.05, 4.69) is 175 Å². The van der Waals surface area contributed by atoms with Crippen LogP contribution in [0.5, 0.6) is 0 Å². The van der Waals surface area contributed by atoms with Crippen molar-refractivity contribution in [3.8, 4) is 51.0 Å². The summed E-state index contributed by atoms with van der Waals surface area (Å²) in [4.78, 5) is 20.7. The molecule has 0 amide bonds. The summed E-state index contributed by atoms with van der Waals surface area (Å²) in [6.45, 7) is 4.60. The summed E-state index contributed by atoms with van der Waals surface area (Å²) < 4.78 is 8.25. The molecule has 272 valence electrons. The molecule has 59 heavy (non-hydrogen) atoms. The standard InChI is InChI=1S/C43H39B10N5O/c1-43(2)21-9-7-16(14-20(21)26-22(43)10-11-23-39(26)59-15-54-23)17-8-12-25-19(13-17)18-5-3-4-6-24(18)58(25)42-56-40(27-29(44)33(48)37(52)34(49)30(27)45)55-41(57-42)28-31(46)35(50)38(53)36(51)32(28)47/h3-15H,44-53H2,1-2H3. The Hall–Kier alpha value is -5.75. The van der Waals surface area contributed by atoms with Gasteiger partial charge in [0.2, 0.25) is 5.95 Å². The molecular weight excluding hydrogens is 711 g/mol.